The number of hydrogen-bond donors (Lipinski definition) is 3. The summed E-state index contributed by atoms with van der Waals surface area (Å²) in [5.41, 5.74) is -1.18. The van der Waals surface area contributed by atoms with Crippen LogP contribution in [0, 0.1) is 5.82 Å². The van der Waals surface area contributed by atoms with Gasteiger partial charge in [-0.2, -0.15) is 0 Å². The number of halogens is 1. The average molecular weight is 255 g/mol. The molecule has 5 heteroatoms. The van der Waals surface area contributed by atoms with E-state index < -0.39 is 28.6 Å². The zero-order valence-electron chi connectivity index (χ0n) is 10.5. The fourth-order valence-corrected chi connectivity index (χ4v) is 1.73. The molecular formula is C13H18FNO3. The second-order valence-electron chi connectivity index (χ2n) is 4.23. The van der Waals surface area contributed by atoms with Crippen molar-refractivity contribution >= 4 is 5.91 Å². The zero-order valence-corrected chi connectivity index (χ0v) is 10.5. The van der Waals surface area contributed by atoms with Gasteiger partial charge in [-0.15, -0.1) is 0 Å². The second kappa shape index (κ2) is 5.82. The predicted molar refractivity (Wildman–Crippen MR) is 65.9 cm³/mol. The topological polar surface area (TPSA) is 69.6 Å². The van der Waals surface area contributed by atoms with Crippen molar-refractivity contribution in [3.8, 4) is 5.75 Å². The summed E-state index contributed by atoms with van der Waals surface area (Å²) in [6.07, 6.45) is 1.03. The third kappa shape index (κ3) is 2.79. The van der Waals surface area contributed by atoms with Crippen LogP contribution in [0.15, 0.2) is 18.2 Å². The molecule has 4 nitrogen and oxygen atoms in total. The highest BCUT2D eigenvalue weighted by atomic mass is 19.1. The summed E-state index contributed by atoms with van der Waals surface area (Å²) in [4.78, 5) is 12.0. The molecule has 100 valence electrons. The van der Waals surface area contributed by atoms with E-state index in [1.54, 1.807) is 0 Å². The first-order valence-electron chi connectivity index (χ1n) is 5.90. The van der Waals surface area contributed by atoms with Gasteiger partial charge in [0.25, 0.3) is 5.91 Å². The number of carbonyl (C=O) groups excluding carboxylic acids is 1. The molecule has 0 unspecified atom stereocenters. The minimum absolute atomic E-state index is 0.235. The molecular weight excluding hydrogens is 237 g/mol. The van der Waals surface area contributed by atoms with Crippen LogP contribution in [0.2, 0.25) is 0 Å². The fourth-order valence-electron chi connectivity index (χ4n) is 1.73. The Morgan fingerprint density at radius 1 is 1.39 bits per heavy atom. The molecule has 0 bridgehead atoms. The van der Waals surface area contributed by atoms with E-state index in [9.17, 15) is 19.4 Å². The Kier molecular flexibility index (Phi) is 4.67. The minimum atomic E-state index is -0.786. The van der Waals surface area contributed by atoms with Gasteiger partial charge in [0.15, 0.2) is 0 Å². The maximum absolute atomic E-state index is 13.5. The molecule has 1 aromatic carbocycles. The van der Waals surface area contributed by atoms with Crippen LogP contribution in [-0.4, -0.2) is 28.3 Å². The maximum Gasteiger partial charge on any atom is 0.258 e. The van der Waals surface area contributed by atoms with E-state index in [1.807, 2.05) is 13.8 Å². The third-order valence-electron chi connectivity index (χ3n) is 3.25. The first-order chi connectivity index (χ1) is 8.49. The van der Waals surface area contributed by atoms with E-state index in [2.05, 4.69) is 5.32 Å². The van der Waals surface area contributed by atoms with Crippen LogP contribution >= 0.6 is 0 Å². The molecule has 18 heavy (non-hydrogen) atoms. The van der Waals surface area contributed by atoms with Gasteiger partial charge in [0.1, 0.15) is 17.1 Å². The number of benzene rings is 1. The molecule has 0 saturated carbocycles. The third-order valence-corrected chi connectivity index (χ3v) is 3.25. The summed E-state index contributed by atoms with van der Waals surface area (Å²) in [5.74, 6) is -1.92. The van der Waals surface area contributed by atoms with Gasteiger partial charge >= 0.3 is 0 Å². The van der Waals surface area contributed by atoms with Crippen LogP contribution in [0.3, 0.4) is 0 Å². The minimum Gasteiger partial charge on any atom is -0.507 e. The van der Waals surface area contributed by atoms with Gasteiger partial charge in [0.05, 0.1) is 12.1 Å². The van der Waals surface area contributed by atoms with E-state index in [0.29, 0.717) is 12.8 Å². The van der Waals surface area contributed by atoms with Crippen molar-refractivity contribution in [1.29, 1.82) is 0 Å². The molecule has 1 aromatic rings. The van der Waals surface area contributed by atoms with E-state index >= 15 is 0 Å². The van der Waals surface area contributed by atoms with E-state index in [0.717, 1.165) is 6.07 Å². The molecule has 0 atom stereocenters. The van der Waals surface area contributed by atoms with Crippen molar-refractivity contribution in [1.82, 2.24) is 5.32 Å². The highest BCUT2D eigenvalue weighted by Crippen LogP contribution is 2.22. The van der Waals surface area contributed by atoms with Gasteiger partial charge < -0.3 is 15.5 Å². The van der Waals surface area contributed by atoms with E-state index in [4.69, 9.17) is 0 Å². The van der Waals surface area contributed by atoms with Crippen LogP contribution < -0.4 is 5.32 Å². The lowest BCUT2D eigenvalue weighted by Crippen LogP contribution is -2.50. The SMILES string of the molecule is CCC(CC)(CO)NC(=O)c1c(O)cccc1F. The molecule has 0 heterocycles. The van der Waals surface area contributed by atoms with E-state index in [-0.39, 0.29) is 6.61 Å². The first-order valence-corrected chi connectivity index (χ1v) is 5.90. The fraction of sp³-hybridized carbons (Fsp3) is 0.462. The lowest BCUT2D eigenvalue weighted by molar-refractivity contribution is 0.0811. The van der Waals surface area contributed by atoms with Gasteiger partial charge in [-0.05, 0) is 25.0 Å². The summed E-state index contributed by atoms with van der Waals surface area (Å²) in [7, 11) is 0. The van der Waals surface area contributed by atoms with Crippen molar-refractivity contribution in [2.45, 2.75) is 32.2 Å². The molecule has 0 spiro atoms. The number of phenols is 1. The number of hydrogen-bond acceptors (Lipinski definition) is 3. The van der Waals surface area contributed by atoms with Crippen LogP contribution in [0.4, 0.5) is 4.39 Å². The van der Waals surface area contributed by atoms with Crippen molar-refractivity contribution in [3.05, 3.63) is 29.6 Å². The molecule has 0 radical (unpaired) electrons. The van der Waals surface area contributed by atoms with Gasteiger partial charge in [-0.1, -0.05) is 19.9 Å². The summed E-state index contributed by atoms with van der Waals surface area (Å²) in [6.45, 7) is 3.41. The molecule has 0 aliphatic heterocycles. The van der Waals surface area contributed by atoms with Crippen molar-refractivity contribution in [2.24, 2.45) is 0 Å². The summed E-state index contributed by atoms with van der Waals surface area (Å²) >= 11 is 0. The largest absolute Gasteiger partial charge is 0.507 e. The smallest absolute Gasteiger partial charge is 0.258 e. The number of aliphatic hydroxyl groups is 1. The quantitative estimate of drug-likeness (QED) is 0.751. The molecule has 0 aromatic heterocycles. The Morgan fingerprint density at radius 3 is 2.44 bits per heavy atom. The molecule has 0 fully saturated rings. The van der Waals surface area contributed by atoms with Crippen molar-refractivity contribution in [2.75, 3.05) is 6.61 Å². The van der Waals surface area contributed by atoms with Gasteiger partial charge in [0.2, 0.25) is 0 Å². The van der Waals surface area contributed by atoms with Gasteiger partial charge in [-0.3, -0.25) is 4.79 Å². The van der Waals surface area contributed by atoms with Crippen LogP contribution in [0.5, 0.6) is 5.75 Å². The molecule has 1 rings (SSSR count). The number of nitrogens with one attached hydrogen (secondary N) is 1. The molecule has 0 saturated heterocycles. The zero-order chi connectivity index (χ0) is 13.8. The first kappa shape index (κ1) is 14.4. The maximum atomic E-state index is 13.5. The standard InChI is InChI=1S/C13H18FNO3/c1-3-13(4-2,8-16)15-12(18)11-9(14)6-5-7-10(11)17/h5-7,16-17H,3-4,8H2,1-2H3,(H,15,18). The number of rotatable bonds is 5. The Balaban J connectivity index is 3.02. The Bertz CT molecular complexity index is 402. The highest BCUT2D eigenvalue weighted by Gasteiger charge is 2.29. The molecule has 0 aliphatic rings. The normalized spacial score (nSPS) is 11.3. The number of amides is 1. The molecule has 0 aliphatic carbocycles. The second-order valence-corrected chi connectivity index (χ2v) is 4.23. The summed E-state index contributed by atoms with van der Waals surface area (Å²) < 4.78 is 13.5. The average Bonchev–Trinajstić information content (AvgIpc) is 2.36. The Labute approximate surface area is 105 Å². The van der Waals surface area contributed by atoms with Crippen molar-refractivity contribution < 1.29 is 19.4 Å². The van der Waals surface area contributed by atoms with Crippen LogP contribution in [-0.2, 0) is 0 Å². The number of aliphatic hydroxyl groups excluding tert-OH is 1. The van der Waals surface area contributed by atoms with Crippen LogP contribution in [0.25, 0.3) is 0 Å². The number of aromatic hydroxyl groups is 1. The van der Waals surface area contributed by atoms with Crippen LogP contribution in [0.1, 0.15) is 37.0 Å². The highest BCUT2D eigenvalue weighted by molar-refractivity contribution is 5.97. The lowest BCUT2D eigenvalue weighted by Gasteiger charge is -2.30. The molecule has 3 N–H and O–H groups in total. The van der Waals surface area contributed by atoms with Crippen molar-refractivity contribution in [3.63, 3.8) is 0 Å². The Hall–Kier alpha value is -1.62. The van der Waals surface area contributed by atoms with E-state index in [1.165, 1.54) is 12.1 Å². The number of carbonyl (C=O) groups is 1. The van der Waals surface area contributed by atoms with Gasteiger partial charge in [0, 0.05) is 0 Å². The Morgan fingerprint density at radius 2 is 2.00 bits per heavy atom. The van der Waals surface area contributed by atoms with Gasteiger partial charge in [-0.25, -0.2) is 4.39 Å². The molecule has 1 amide bonds. The lowest BCUT2D eigenvalue weighted by atomic mass is 9.93. The summed E-state index contributed by atoms with van der Waals surface area (Å²) in [6, 6.07) is 3.67. The monoisotopic (exact) mass is 255 g/mol. The summed E-state index contributed by atoms with van der Waals surface area (Å²) in [5, 5.41) is 21.4. The number of phenolic OH excluding ortho intramolecular Hbond substituents is 1. The predicted octanol–water partition coefficient (Wildman–Crippen LogP) is 1.81.